The summed E-state index contributed by atoms with van der Waals surface area (Å²) in [5.41, 5.74) is 1.78. The number of hydrogen-bond donors (Lipinski definition) is 0. The molecule has 0 N–H and O–H groups in total. The first-order valence-electron chi connectivity index (χ1n) is 8.08. The first-order valence-corrected chi connectivity index (χ1v) is 8.08. The average Bonchev–Trinajstić information content (AvgIpc) is 3.22. The van der Waals surface area contributed by atoms with E-state index in [9.17, 15) is 9.59 Å². The summed E-state index contributed by atoms with van der Waals surface area (Å²) in [6.45, 7) is 2.44. The van der Waals surface area contributed by atoms with Crippen molar-refractivity contribution in [2.75, 3.05) is 18.2 Å². The smallest absolute Gasteiger partial charge is 0.316 e. The first kappa shape index (κ1) is 15.5. The van der Waals surface area contributed by atoms with Crippen molar-refractivity contribution in [1.29, 1.82) is 0 Å². The molecular formula is C19H17NO5. The van der Waals surface area contributed by atoms with E-state index in [2.05, 4.69) is 0 Å². The van der Waals surface area contributed by atoms with Gasteiger partial charge in [0.15, 0.2) is 11.5 Å². The van der Waals surface area contributed by atoms with Crippen LogP contribution in [-0.2, 0) is 9.59 Å². The quantitative estimate of drug-likeness (QED) is 0.635. The number of esters is 1. The number of hydrogen-bond acceptors (Lipinski definition) is 5. The lowest BCUT2D eigenvalue weighted by Gasteiger charge is -2.17. The third-order valence-electron chi connectivity index (χ3n) is 4.37. The van der Waals surface area contributed by atoms with Crippen molar-refractivity contribution in [1.82, 2.24) is 0 Å². The Hall–Kier alpha value is -3.02. The second-order valence-corrected chi connectivity index (χ2v) is 6.18. The van der Waals surface area contributed by atoms with Gasteiger partial charge in [-0.05, 0) is 31.2 Å². The van der Waals surface area contributed by atoms with Crippen LogP contribution in [0.2, 0.25) is 0 Å². The normalized spacial score (nSPS) is 18.5. The molecule has 1 unspecified atom stereocenters. The number of nitrogens with zero attached hydrogens (tertiary/aromatic N) is 1. The zero-order valence-corrected chi connectivity index (χ0v) is 13.7. The van der Waals surface area contributed by atoms with Gasteiger partial charge >= 0.3 is 5.97 Å². The van der Waals surface area contributed by atoms with Crippen LogP contribution in [0.25, 0.3) is 0 Å². The number of rotatable bonds is 3. The van der Waals surface area contributed by atoms with E-state index in [0.717, 1.165) is 5.56 Å². The molecule has 2 heterocycles. The topological polar surface area (TPSA) is 65.1 Å². The number of carbonyl (C=O) groups is 2. The molecule has 0 saturated carbocycles. The van der Waals surface area contributed by atoms with Gasteiger partial charge in [-0.15, -0.1) is 0 Å². The van der Waals surface area contributed by atoms with Crippen LogP contribution in [-0.4, -0.2) is 25.2 Å². The molecule has 0 aromatic heterocycles. The van der Waals surface area contributed by atoms with Gasteiger partial charge in [0.05, 0.1) is 5.92 Å². The van der Waals surface area contributed by atoms with Crippen molar-refractivity contribution in [2.45, 2.75) is 13.3 Å². The van der Waals surface area contributed by atoms with Gasteiger partial charge in [-0.25, -0.2) is 0 Å². The molecule has 4 rings (SSSR count). The van der Waals surface area contributed by atoms with E-state index in [1.165, 1.54) is 0 Å². The van der Waals surface area contributed by atoms with Gasteiger partial charge in [0.1, 0.15) is 5.75 Å². The number of benzene rings is 2. The maximum Gasteiger partial charge on any atom is 0.316 e. The lowest BCUT2D eigenvalue weighted by atomic mass is 10.1. The zero-order chi connectivity index (χ0) is 17.4. The summed E-state index contributed by atoms with van der Waals surface area (Å²) in [5.74, 6) is 0.774. The van der Waals surface area contributed by atoms with Gasteiger partial charge < -0.3 is 19.1 Å². The molecule has 0 radical (unpaired) electrons. The van der Waals surface area contributed by atoms with E-state index < -0.39 is 5.92 Å². The number of anilines is 1. The molecule has 1 atom stereocenters. The highest BCUT2D eigenvalue weighted by molar-refractivity contribution is 6.00. The lowest BCUT2D eigenvalue weighted by molar-refractivity contribution is -0.139. The van der Waals surface area contributed by atoms with Gasteiger partial charge in [0.25, 0.3) is 0 Å². The van der Waals surface area contributed by atoms with Crippen LogP contribution in [0.1, 0.15) is 12.0 Å². The van der Waals surface area contributed by atoms with Crippen LogP contribution >= 0.6 is 0 Å². The third-order valence-corrected chi connectivity index (χ3v) is 4.37. The van der Waals surface area contributed by atoms with Gasteiger partial charge in [-0.1, -0.05) is 17.7 Å². The summed E-state index contributed by atoms with van der Waals surface area (Å²) in [7, 11) is 0. The van der Waals surface area contributed by atoms with Gasteiger partial charge in [0.2, 0.25) is 12.7 Å². The molecule has 2 aromatic rings. The van der Waals surface area contributed by atoms with Crippen LogP contribution in [0.15, 0.2) is 42.5 Å². The van der Waals surface area contributed by atoms with Gasteiger partial charge in [0, 0.05) is 24.7 Å². The summed E-state index contributed by atoms with van der Waals surface area (Å²) in [6.07, 6.45) is 0.138. The van der Waals surface area contributed by atoms with Gasteiger partial charge in [-0.3, -0.25) is 9.59 Å². The maximum absolute atomic E-state index is 12.4. The summed E-state index contributed by atoms with van der Waals surface area (Å²) in [6, 6.07) is 12.6. The summed E-state index contributed by atoms with van der Waals surface area (Å²) < 4.78 is 16.0. The molecule has 2 aliphatic heterocycles. The van der Waals surface area contributed by atoms with E-state index in [1.54, 1.807) is 35.2 Å². The maximum atomic E-state index is 12.4. The summed E-state index contributed by atoms with van der Waals surface area (Å²) in [4.78, 5) is 26.3. The van der Waals surface area contributed by atoms with Crippen molar-refractivity contribution in [2.24, 2.45) is 5.92 Å². The Morgan fingerprint density at radius 3 is 2.68 bits per heavy atom. The molecule has 1 amide bonds. The van der Waals surface area contributed by atoms with Crippen molar-refractivity contribution >= 4 is 17.6 Å². The molecule has 0 spiro atoms. The van der Waals surface area contributed by atoms with E-state index in [0.29, 0.717) is 29.5 Å². The predicted octanol–water partition coefficient (Wildman–Crippen LogP) is 2.68. The highest BCUT2D eigenvalue weighted by atomic mass is 16.7. The van der Waals surface area contributed by atoms with Crippen LogP contribution in [0.4, 0.5) is 5.69 Å². The Balaban J connectivity index is 1.46. The molecule has 0 bridgehead atoms. The SMILES string of the molecule is Cc1ccc(OC(=O)C2CC(=O)N(c3ccc4c(c3)OCO4)C2)cc1. The van der Waals surface area contributed by atoms with Crippen LogP contribution in [0, 0.1) is 12.8 Å². The fourth-order valence-electron chi connectivity index (χ4n) is 2.97. The van der Waals surface area contributed by atoms with E-state index in [4.69, 9.17) is 14.2 Å². The molecule has 25 heavy (non-hydrogen) atoms. The largest absolute Gasteiger partial charge is 0.454 e. The minimum Gasteiger partial charge on any atom is -0.454 e. The van der Waals surface area contributed by atoms with E-state index in [1.807, 2.05) is 19.1 Å². The second kappa shape index (κ2) is 6.12. The summed E-state index contributed by atoms with van der Waals surface area (Å²) >= 11 is 0. The molecule has 1 saturated heterocycles. The first-order chi connectivity index (χ1) is 12.1. The number of aryl methyl sites for hydroxylation is 1. The third kappa shape index (κ3) is 3.03. The van der Waals surface area contributed by atoms with E-state index in [-0.39, 0.29) is 25.1 Å². The molecule has 2 aliphatic rings. The molecular weight excluding hydrogens is 322 g/mol. The number of carbonyl (C=O) groups excluding carboxylic acids is 2. The van der Waals surface area contributed by atoms with Crippen molar-refractivity contribution in [3.8, 4) is 17.2 Å². The van der Waals surface area contributed by atoms with Crippen LogP contribution < -0.4 is 19.1 Å². The zero-order valence-electron chi connectivity index (χ0n) is 13.7. The Morgan fingerprint density at radius 1 is 1.12 bits per heavy atom. The Morgan fingerprint density at radius 2 is 1.88 bits per heavy atom. The van der Waals surface area contributed by atoms with E-state index >= 15 is 0 Å². The molecule has 1 fully saturated rings. The summed E-state index contributed by atoms with van der Waals surface area (Å²) in [5, 5.41) is 0. The molecule has 6 nitrogen and oxygen atoms in total. The van der Waals surface area contributed by atoms with Gasteiger partial charge in [-0.2, -0.15) is 0 Å². The number of fused-ring (bicyclic) bond motifs is 1. The lowest BCUT2D eigenvalue weighted by Crippen LogP contribution is -2.27. The predicted molar refractivity (Wildman–Crippen MR) is 89.8 cm³/mol. The fraction of sp³-hybridized carbons (Fsp3) is 0.263. The van der Waals surface area contributed by atoms with Crippen molar-refractivity contribution in [3.05, 3.63) is 48.0 Å². The van der Waals surface area contributed by atoms with Crippen molar-refractivity contribution < 1.29 is 23.8 Å². The standard InChI is InChI=1S/C19H17NO5/c1-12-2-5-15(6-3-12)25-19(22)13-8-18(21)20(10-13)14-4-7-16-17(9-14)24-11-23-16/h2-7,9,13H,8,10-11H2,1H3. The van der Waals surface area contributed by atoms with Crippen LogP contribution in [0.5, 0.6) is 17.2 Å². The Kier molecular flexibility index (Phi) is 3.80. The molecule has 6 heteroatoms. The highest BCUT2D eigenvalue weighted by Gasteiger charge is 2.37. The van der Waals surface area contributed by atoms with Crippen molar-refractivity contribution in [3.63, 3.8) is 0 Å². The minimum absolute atomic E-state index is 0.107. The van der Waals surface area contributed by atoms with Crippen LogP contribution in [0.3, 0.4) is 0 Å². The molecule has 128 valence electrons. The number of amides is 1. The molecule has 2 aromatic carbocycles. The Labute approximate surface area is 144 Å². The minimum atomic E-state index is -0.487. The fourth-order valence-corrected chi connectivity index (χ4v) is 2.97. The monoisotopic (exact) mass is 339 g/mol. The second-order valence-electron chi connectivity index (χ2n) is 6.18. The highest BCUT2D eigenvalue weighted by Crippen LogP contribution is 2.37. The molecule has 0 aliphatic carbocycles. The Bertz CT molecular complexity index is 830. The average molecular weight is 339 g/mol. The number of ether oxygens (including phenoxy) is 3.